The van der Waals surface area contributed by atoms with Crippen LogP contribution in [-0.4, -0.2) is 23.8 Å². The van der Waals surface area contributed by atoms with Gasteiger partial charge in [0.15, 0.2) is 0 Å². The number of nitrogens with two attached hydrogens (primary N) is 1. The Balaban J connectivity index is 2.71. The molecule has 0 spiro atoms. The summed E-state index contributed by atoms with van der Waals surface area (Å²) in [6.07, 6.45) is 0.545. The van der Waals surface area contributed by atoms with E-state index in [4.69, 9.17) is 11.1 Å². The first-order valence-electron chi connectivity index (χ1n) is 6.37. The third kappa shape index (κ3) is 6.68. The molecule has 3 nitrogen and oxygen atoms in total. The molecule has 5 heteroatoms. The van der Waals surface area contributed by atoms with Crippen LogP contribution in [0.5, 0.6) is 0 Å². The Morgan fingerprint density at radius 2 is 2.11 bits per heavy atom. The van der Waals surface area contributed by atoms with Crippen molar-refractivity contribution in [1.82, 2.24) is 4.90 Å². The predicted molar refractivity (Wildman–Crippen MR) is 80.7 cm³/mol. The molecule has 19 heavy (non-hydrogen) atoms. The molecule has 3 N–H and O–H groups in total. The average Bonchev–Trinajstić information content (AvgIpc) is 2.23. The Hall–Kier alpha value is -0.940. The van der Waals surface area contributed by atoms with E-state index >= 15 is 0 Å². The lowest BCUT2D eigenvalue weighted by molar-refractivity contribution is 0.242. The maximum absolute atomic E-state index is 13.4. The molecule has 0 atom stereocenters. The summed E-state index contributed by atoms with van der Waals surface area (Å²) in [6, 6.07) is 4.92. The van der Waals surface area contributed by atoms with Crippen LogP contribution in [0.1, 0.15) is 25.8 Å². The van der Waals surface area contributed by atoms with Gasteiger partial charge in [-0.25, -0.2) is 4.39 Å². The average molecular weight is 330 g/mol. The molecular weight excluding hydrogens is 309 g/mol. The maximum atomic E-state index is 13.4. The van der Waals surface area contributed by atoms with Crippen LogP contribution in [0.3, 0.4) is 0 Å². The molecule has 0 aromatic heterocycles. The molecule has 0 amide bonds. The topological polar surface area (TPSA) is 53.1 Å². The minimum atomic E-state index is -0.236. The molecule has 0 saturated carbocycles. The third-order valence-electron chi connectivity index (χ3n) is 2.65. The summed E-state index contributed by atoms with van der Waals surface area (Å²) in [5, 5.41) is 7.30. The van der Waals surface area contributed by atoms with Gasteiger partial charge in [0.05, 0.1) is 5.84 Å². The zero-order valence-corrected chi connectivity index (χ0v) is 13.0. The van der Waals surface area contributed by atoms with E-state index in [9.17, 15) is 4.39 Å². The summed E-state index contributed by atoms with van der Waals surface area (Å²) < 4.78 is 14.1. The fourth-order valence-electron chi connectivity index (χ4n) is 1.99. The van der Waals surface area contributed by atoms with Crippen molar-refractivity contribution < 1.29 is 4.39 Å². The van der Waals surface area contributed by atoms with Gasteiger partial charge in [-0.05, 0) is 29.7 Å². The predicted octanol–water partition coefficient (Wildman–Crippen LogP) is 3.37. The first-order valence-corrected chi connectivity index (χ1v) is 7.16. The Bertz CT molecular complexity index is 414. The number of nitrogens with one attached hydrogen (secondary N) is 1. The first-order chi connectivity index (χ1) is 8.86. The molecular formula is C14H21BrFN3. The smallest absolute Gasteiger partial charge is 0.124 e. The summed E-state index contributed by atoms with van der Waals surface area (Å²) in [6.45, 7) is 6.58. The second kappa shape index (κ2) is 7.60. The third-order valence-corrected chi connectivity index (χ3v) is 3.11. The van der Waals surface area contributed by atoms with E-state index in [1.807, 2.05) is 6.07 Å². The van der Waals surface area contributed by atoms with Crippen molar-refractivity contribution >= 4 is 21.8 Å². The number of nitrogens with zero attached hydrogens (tertiary/aromatic N) is 1. The molecule has 1 aromatic carbocycles. The number of amidine groups is 1. The summed E-state index contributed by atoms with van der Waals surface area (Å²) in [5.41, 5.74) is 6.33. The van der Waals surface area contributed by atoms with Crippen LogP contribution < -0.4 is 5.73 Å². The number of hydrogen-bond donors (Lipinski definition) is 2. The molecule has 0 aliphatic rings. The van der Waals surface area contributed by atoms with Crippen molar-refractivity contribution in [2.45, 2.75) is 26.8 Å². The van der Waals surface area contributed by atoms with E-state index < -0.39 is 0 Å². The second-order valence-corrected chi connectivity index (χ2v) is 6.10. The lowest BCUT2D eigenvalue weighted by Gasteiger charge is -2.24. The van der Waals surface area contributed by atoms with E-state index in [2.05, 4.69) is 34.7 Å². The Labute approximate surface area is 122 Å². The molecule has 1 rings (SSSR count). The molecule has 1 aromatic rings. The zero-order valence-electron chi connectivity index (χ0n) is 11.4. The highest BCUT2D eigenvalue weighted by Gasteiger charge is 2.10. The summed E-state index contributed by atoms with van der Waals surface area (Å²) in [7, 11) is 0. The minimum Gasteiger partial charge on any atom is -0.388 e. The monoisotopic (exact) mass is 329 g/mol. The largest absolute Gasteiger partial charge is 0.388 e. The zero-order chi connectivity index (χ0) is 14.4. The highest BCUT2D eigenvalue weighted by Crippen LogP contribution is 2.17. The van der Waals surface area contributed by atoms with Gasteiger partial charge >= 0.3 is 0 Å². The van der Waals surface area contributed by atoms with E-state index in [0.717, 1.165) is 23.1 Å². The van der Waals surface area contributed by atoms with Gasteiger partial charge in [0.2, 0.25) is 0 Å². The fraction of sp³-hybridized carbons (Fsp3) is 0.500. The fourth-order valence-corrected chi connectivity index (χ4v) is 2.50. The molecule has 0 saturated heterocycles. The van der Waals surface area contributed by atoms with Gasteiger partial charge in [0.1, 0.15) is 5.82 Å². The quantitative estimate of drug-likeness (QED) is 0.595. The van der Waals surface area contributed by atoms with Crippen LogP contribution in [0, 0.1) is 17.1 Å². The lowest BCUT2D eigenvalue weighted by Crippen LogP contribution is -2.30. The summed E-state index contributed by atoms with van der Waals surface area (Å²) >= 11 is 3.30. The van der Waals surface area contributed by atoms with Crippen molar-refractivity contribution in [3.8, 4) is 0 Å². The Morgan fingerprint density at radius 3 is 2.63 bits per heavy atom. The Kier molecular flexibility index (Phi) is 6.45. The van der Waals surface area contributed by atoms with Gasteiger partial charge < -0.3 is 5.73 Å². The molecule has 0 aliphatic heterocycles. The summed E-state index contributed by atoms with van der Waals surface area (Å²) in [4.78, 5) is 2.20. The molecule has 106 valence electrons. The number of hydrogen-bond acceptors (Lipinski definition) is 2. The number of benzene rings is 1. The molecule has 0 aliphatic carbocycles. The lowest BCUT2D eigenvalue weighted by atomic mass is 10.1. The standard InChI is InChI=1S/C14H21BrFN3/c1-10(2)8-19(4-3-14(17)18)9-11-5-12(15)7-13(16)6-11/h5-7,10H,3-4,8-9H2,1-2H3,(H3,17,18). The van der Waals surface area contributed by atoms with Gasteiger partial charge in [-0.2, -0.15) is 0 Å². The molecule has 0 bridgehead atoms. The highest BCUT2D eigenvalue weighted by atomic mass is 79.9. The van der Waals surface area contributed by atoms with Crippen LogP contribution in [0.2, 0.25) is 0 Å². The van der Waals surface area contributed by atoms with Gasteiger partial charge in [0.25, 0.3) is 0 Å². The first kappa shape index (κ1) is 16.1. The van der Waals surface area contributed by atoms with Gasteiger partial charge in [-0.1, -0.05) is 29.8 Å². The van der Waals surface area contributed by atoms with Crippen molar-refractivity contribution in [1.29, 1.82) is 5.41 Å². The van der Waals surface area contributed by atoms with E-state index in [-0.39, 0.29) is 11.7 Å². The second-order valence-electron chi connectivity index (χ2n) is 5.18. The molecule has 0 radical (unpaired) electrons. The van der Waals surface area contributed by atoms with Gasteiger partial charge in [0, 0.05) is 30.5 Å². The van der Waals surface area contributed by atoms with Crippen LogP contribution in [0.4, 0.5) is 4.39 Å². The van der Waals surface area contributed by atoms with E-state index in [1.54, 1.807) is 6.07 Å². The van der Waals surface area contributed by atoms with Crippen LogP contribution >= 0.6 is 15.9 Å². The Morgan fingerprint density at radius 1 is 1.42 bits per heavy atom. The highest BCUT2D eigenvalue weighted by molar-refractivity contribution is 9.10. The van der Waals surface area contributed by atoms with Crippen LogP contribution in [0.25, 0.3) is 0 Å². The summed E-state index contributed by atoms with van der Waals surface area (Å²) in [5.74, 6) is 0.471. The van der Waals surface area contributed by atoms with Gasteiger partial charge in [-0.15, -0.1) is 0 Å². The molecule has 0 fully saturated rings. The van der Waals surface area contributed by atoms with Crippen LogP contribution in [0.15, 0.2) is 22.7 Å². The van der Waals surface area contributed by atoms with E-state index in [0.29, 0.717) is 18.9 Å². The van der Waals surface area contributed by atoms with E-state index in [1.165, 1.54) is 6.07 Å². The molecule has 0 heterocycles. The molecule has 0 unspecified atom stereocenters. The normalized spacial score (nSPS) is 11.3. The van der Waals surface area contributed by atoms with Crippen molar-refractivity contribution in [2.75, 3.05) is 13.1 Å². The van der Waals surface area contributed by atoms with Crippen molar-refractivity contribution in [3.63, 3.8) is 0 Å². The maximum Gasteiger partial charge on any atom is 0.124 e. The van der Waals surface area contributed by atoms with Gasteiger partial charge in [-0.3, -0.25) is 10.3 Å². The SMILES string of the molecule is CC(C)CN(CCC(=N)N)Cc1cc(F)cc(Br)c1. The number of rotatable bonds is 7. The minimum absolute atomic E-state index is 0.189. The van der Waals surface area contributed by atoms with Crippen LogP contribution in [-0.2, 0) is 6.54 Å². The number of halogens is 2. The van der Waals surface area contributed by atoms with Crippen molar-refractivity contribution in [2.24, 2.45) is 11.7 Å². The van der Waals surface area contributed by atoms with Crippen molar-refractivity contribution in [3.05, 3.63) is 34.1 Å².